The van der Waals surface area contributed by atoms with Crippen molar-refractivity contribution in [2.45, 2.75) is 108 Å². The summed E-state index contributed by atoms with van der Waals surface area (Å²) in [7, 11) is -1.38. The van der Waals surface area contributed by atoms with Crippen LogP contribution in [0.15, 0.2) is 46.2 Å². The molecule has 264 valence electrons. The predicted octanol–water partition coefficient (Wildman–Crippen LogP) is 9.62. The second kappa shape index (κ2) is 17.8. The molecule has 11 nitrogen and oxygen atoms in total. The first kappa shape index (κ1) is 40.7. The summed E-state index contributed by atoms with van der Waals surface area (Å²) in [5.74, 6) is 0.933. The standard InChI is InChI=1S/C33H49ClNO10PS/c1-11-18-33(22-42-46(38,39-9)40-10,35-29(36)44-31(3,4)5)19-17-23-13-15-25(21-26(23)34)47-28-20-24(41-12-2)14-16-27(28)43-30(37)45-32(6,7)8/h13-16,20-21H,11-12,17-19,22H2,1-10H3,(H,35,36)/t33-/m0/s1. The number of hydrogen-bond donors (Lipinski definition) is 1. The quantitative estimate of drug-likeness (QED) is 0.101. The summed E-state index contributed by atoms with van der Waals surface area (Å²) >= 11 is 8.14. The average Bonchev–Trinajstić information content (AvgIpc) is 2.95. The van der Waals surface area contributed by atoms with E-state index in [4.69, 9.17) is 44.1 Å². The van der Waals surface area contributed by atoms with Gasteiger partial charge in [0.05, 0.1) is 23.6 Å². The third-order valence-corrected chi connectivity index (χ3v) is 9.10. The molecule has 0 saturated heterocycles. The molecule has 0 aromatic heterocycles. The number of amides is 1. The molecule has 0 aliphatic carbocycles. The zero-order valence-electron chi connectivity index (χ0n) is 29.0. The van der Waals surface area contributed by atoms with Crippen LogP contribution in [0, 0.1) is 0 Å². The molecule has 0 saturated carbocycles. The van der Waals surface area contributed by atoms with Crippen LogP contribution < -0.4 is 14.8 Å². The van der Waals surface area contributed by atoms with Crippen LogP contribution in [0.3, 0.4) is 0 Å². The highest BCUT2D eigenvalue weighted by Crippen LogP contribution is 2.48. The Balaban J connectivity index is 2.34. The van der Waals surface area contributed by atoms with Crippen molar-refractivity contribution in [3.05, 3.63) is 47.0 Å². The van der Waals surface area contributed by atoms with Gasteiger partial charge in [-0.15, -0.1) is 0 Å². The highest BCUT2D eigenvalue weighted by molar-refractivity contribution is 7.99. The molecule has 0 spiro atoms. The second-order valence-corrected chi connectivity index (χ2v) is 16.1. The fourth-order valence-electron chi connectivity index (χ4n) is 4.38. The van der Waals surface area contributed by atoms with Gasteiger partial charge in [-0.05, 0) is 104 Å². The number of alkyl carbamates (subject to hydrolysis) is 1. The predicted molar refractivity (Wildman–Crippen MR) is 183 cm³/mol. The van der Waals surface area contributed by atoms with Gasteiger partial charge in [0.2, 0.25) is 0 Å². The van der Waals surface area contributed by atoms with Gasteiger partial charge in [-0.2, -0.15) is 0 Å². The van der Waals surface area contributed by atoms with Crippen LogP contribution in [0.25, 0.3) is 0 Å². The lowest BCUT2D eigenvalue weighted by Crippen LogP contribution is -2.53. The van der Waals surface area contributed by atoms with Crippen molar-refractivity contribution in [2.75, 3.05) is 27.4 Å². The topological polar surface area (TPSA) is 128 Å². The number of carbonyl (C=O) groups excluding carboxylic acids is 2. The molecule has 0 radical (unpaired) electrons. The Bertz CT molecular complexity index is 1390. The molecule has 47 heavy (non-hydrogen) atoms. The fraction of sp³-hybridized carbons (Fsp3) is 0.576. The van der Waals surface area contributed by atoms with Crippen molar-refractivity contribution in [1.29, 1.82) is 0 Å². The van der Waals surface area contributed by atoms with Crippen molar-refractivity contribution in [3.8, 4) is 11.5 Å². The molecule has 2 aromatic carbocycles. The van der Waals surface area contributed by atoms with Crippen molar-refractivity contribution in [3.63, 3.8) is 0 Å². The molecule has 0 unspecified atom stereocenters. The largest absolute Gasteiger partial charge is 0.514 e. The van der Waals surface area contributed by atoms with E-state index >= 15 is 0 Å². The minimum absolute atomic E-state index is 0.152. The average molecular weight is 718 g/mol. The third-order valence-electron chi connectivity index (χ3n) is 6.38. The third kappa shape index (κ3) is 14.3. The summed E-state index contributed by atoms with van der Waals surface area (Å²) in [4.78, 5) is 26.8. The summed E-state index contributed by atoms with van der Waals surface area (Å²) in [5, 5.41) is 3.46. The van der Waals surface area contributed by atoms with E-state index < -0.39 is 36.8 Å². The Hall–Kier alpha value is -2.47. The van der Waals surface area contributed by atoms with Crippen molar-refractivity contribution < 1.29 is 46.7 Å². The van der Waals surface area contributed by atoms with E-state index in [1.165, 1.54) is 26.0 Å². The Morgan fingerprint density at radius 2 is 1.57 bits per heavy atom. The first-order chi connectivity index (χ1) is 21.8. The van der Waals surface area contributed by atoms with Crippen molar-refractivity contribution >= 4 is 43.4 Å². The summed E-state index contributed by atoms with van der Waals surface area (Å²) in [6.07, 6.45) is 0.548. The van der Waals surface area contributed by atoms with Gasteiger partial charge in [0.1, 0.15) is 22.7 Å². The van der Waals surface area contributed by atoms with Gasteiger partial charge in [-0.3, -0.25) is 13.6 Å². The van der Waals surface area contributed by atoms with E-state index in [9.17, 15) is 14.2 Å². The highest BCUT2D eigenvalue weighted by atomic mass is 35.5. The number of rotatable bonds is 16. The van der Waals surface area contributed by atoms with E-state index in [1.54, 1.807) is 59.7 Å². The Labute approximate surface area is 288 Å². The van der Waals surface area contributed by atoms with E-state index in [2.05, 4.69) is 5.32 Å². The minimum atomic E-state index is -3.83. The lowest BCUT2D eigenvalue weighted by molar-refractivity contribution is 0.0200. The minimum Gasteiger partial charge on any atom is -0.494 e. The van der Waals surface area contributed by atoms with Crippen molar-refractivity contribution in [1.82, 2.24) is 5.32 Å². The molecule has 0 aliphatic heterocycles. The molecule has 14 heteroatoms. The number of ether oxygens (including phenoxy) is 4. The molecular weight excluding hydrogens is 669 g/mol. The molecule has 0 heterocycles. The maximum absolute atomic E-state index is 12.9. The lowest BCUT2D eigenvalue weighted by atomic mass is 9.87. The summed E-state index contributed by atoms with van der Waals surface area (Å²) in [5.41, 5.74) is -1.60. The Kier molecular flexibility index (Phi) is 15.4. The van der Waals surface area contributed by atoms with Gasteiger partial charge < -0.3 is 24.3 Å². The molecule has 1 atom stereocenters. The first-order valence-corrected chi connectivity index (χ1v) is 18.0. The maximum atomic E-state index is 12.9. The van der Waals surface area contributed by atoms with Crippen LogP contribution in [0.2, 0.25) is 5.02 Å². The van der Waals surface area contributed by atoms with Gasteiger partial charge >= 0.3 is 20.1 Å². The number of phosphoric acid groups is 1. The van der Waals surface area contributed by atoms with Gasteiger partial charge in [0.15, 0.2) is 0 Å². The van der Waals surface area contributed by atoms with Gasteiger partial charge in [-0.25, -0.2) is 14.2 Å². The normalized spacial score (nSPS) is 13.4. The van der Waals surface area contributed by atoms with Gasteiger partial charge in [0, 0.05) is 24.1 Å². The zero-order chi connectivity index (χ0) is 35.5. The number of aryl methyl sites for hydroxylation is 1. The number of hydrogen-bond acceptors (Lipinski definition) is 11. The van der Waals surface area contributed by atoms with E-state index in [0.717, 1.165) is 10.5 Å². The van der Waals surface area contributed by atoms with Crippen molar-refractivity contribution in [2.24, 2.45) is 0 Å². The highest BCUT2D eigenvalue weighted by Gasteiger charge is 2.37. The van der Waals surface area contributed by atoms with E-state index in [0.29, 0.717) is 53.7 Å². The number of phosphoric ester groups is 1. The molecule has 2 aromatic rings. The summed E-state index contributed by atoms with van der Waals surface area (Å²) < 4.78 is 50.4. The van der Waals surface area contributed by atoms with Crippen LogP contribution in [0.4, 0.5) is 9.59 Å². The number of benzene rings is 2. The first-order valence-electron chi connectivity index (χ1n) is 15.4. The van der Waals surface area contributed by atoms with Crippen LogP contribution in [0.5, 0.6) is 11.5 Å². The number of nitrogens with one attached hydrogen (secondary N) is 1. The van der Waals surface area contributed by atoms with Gasteiger partial charge in [-0.1, -0.05) is 42.8 Å². The van der Waals surface area contributed by atoms with Crippen LogP contribution >= 0.6 is 31.2 Å². The van der Waals surface area contributed by atoms with Crippen LogP contribution in [-0.4, -0.2) is 56.4 Å². The fourth-order valence-corrected chi connectivity index (χ4v) is 6.43. The van der Waals surface area contributed by atoms with Crippen LogP contribution in [-0.2, 0) is 34.0 Å². The monoisotopic (exact) mass is 717 g/mol. The number of halogens is 1. The van der Waals surface area contributed by atoms with Crippen LogP contribution in [0.1, 0.15) is 80.2 Å². The second-order valence-electron chi connectivity index (χ2n) is 12.7. The lowest BCUT2D eigenvalue weighted by Gasteiger charge is -2.36. The SMILES string of the molecule is CCC[C@](CCc1ccc(Sc2cc(OCC)ccc2OC(=O)OC(C)(C)C)cc1Cl)(COP(=O)(OC)OC)NC(=O)OC(C)(C)C. The van der Waals surface area contributed by atoms with E-state index in [-0.39, 0.29) is 6.61 Å². The Morgan fingerprint density at radius 1 is 0.915 bits per heavy atom. The molecule has 0 aliphatic rings. The zero-order valence-corrected chi connectivity index (χ0v) is 31.5. The smallest absolute Gasteiger partial charge is 0.494 e. The maximum Gasteiger partial charge on any atom is 0.514 e. The van der Waals surface area contributed by atoms with Gasteiger partial charge in [0.25, 0.3) is 0 Å². The molecular formula is C33H49ClNO10PS. The van der Waals surface area contributed by atoms with E-state index in [1.807, 2.05) is 32.0 Å². The number of carbonyl (C=O) groups is 2. The Morgan fingerprint density at radius 3 is 2.13 bits per heavy atom. The molecule has 1 amide bonds. The molecule has 2 rings (SSSR count). The molecule has 0 bridgehead atoms. The molecule has 1 N–H and O–H groups in total. The summed E-state index contributed by atoms with van der Waals surface area (Å²) in [6, 6.07) is 10.8. The molecule has 0 fully saturated rings. The summed E-state index contributed by atoms with van der Waals surface area (Å²) in [6.45, 7) is 14.8.